The molecule has 0 radical (unpaired) electrons. The molecule has 0 heterocycles. The molecule has 1 unspecified atom stereocenters. The zero-order chi connectivity index (χ0) is 8.97. The van der Waals surface area contributed by atoms with Crippen LogP contribution < -0.4 is 0 Å². The van der Waals surface area contributed by atoms with Crippen LogP contribution in [0.5, 0.6) is 0 Å². The molecule has 12 heavy (non-hydrogen) atoms. The van der Waals surface area contributed by atoms with E-state index in [1.54, 1.807) is 25.1 Å². The van der Waals surface area contributed by atoms with Crippen molar-refractivity contribution in [1.29, 1.82) is 0 Å². The molecule has 0 N–H and O–H groups in total. The molecule has 0 aliphatic rings. The van der Waals surface area contributed by atoms with Crippen molar-refractivity contribution in [3.8, 4) is 0 Å². The maximum absolute atomic E-state index is 13.0. The fourth-order valence-corrected chi connectivity index (χ4v) is 1.03. The molecule has 0 spiro atoms. The van der Waals surface area contributed by atoms with E-state index in [9.17, 15) is 4.39 Å². The summed E-state index contributed by atoms with van der Waals surface area (Å²) in [6.45, 7) is 8.52. The molecule has 0 saturated heterocycles. The lowest BCUT2D eigenvalue weighted by molar-refractivity contribution is 0.604. The first kappa shape index (κ1) is 8.73. The van der Waals surface area contributed by atoms with Gasteiger partial charge < -0.3 is 4.85 Å². The van der Waals surface area contributed by atoms with Gasteiger partial charge in [-0.2, -0.15) is 0 Å². The summed E-state index contributed by atoms with van der Waals surface area (Å²) >= 11 is 0. The Morgan fingerprint density at radius 3 is 2.75 bits per heavy atom. The van der Waals surface area contributed by atoms with Crippen LogP contribution in [0.4, 0.5) is 4.39 Å². The molecule has 0 saturated carbocycles. The molecule has 0 aliphatic carbocycles. The highest BCUT2D eigenvalue weighted by Crippen LogP contribution is 2.10. The van der Waals surface area contributed by atoms with Gasteiger partial charge in [0.1, 0.15) is 5.82 Å². The Balaban J connectivity index is 2.77. The van der Waals surface area contributed by atoms with Gasteiger partial charge in [-0.3, -0.25) is 0 Å². The molecule has 0 aromatic heterocycles. The van der Waals surface area contributed by atoms with Gasteiger partial charge in [0.25, 0.3) is 0 Å². The van der Waals surface area contributed by atoms with Crippen LogP contribution in [0.1, 0.15) is 12.5 Å². The van der Waals surface area contributed by atoms with Gasteiger partial charge in [0.15, 0.2) is 0 Å². The lowest BCUT2D eigenvalue weighted by Crippen LogP contribution is -2.01. The largest absolute Gasteiger partial charge is 0.314 e. The van der Waals surface area contributed by atoms with E-state index in [0.29, 0.717) is 12.0 Å². The molecule has 0 amide bonds. The van der Waals surface area contributed by atoms with Gasteiger partial charge in [-0.25, -0.2) is 11.0 Å². The van der Waals surface area contributed by atoms with Crippen molar-refractivity contribution in [2.75, 3.05) is 0 Å². The van der Waals surface area contributed by atoms with Gasteiger partial charge >= 0.3 is 0 Å². The molecule has 2 heteroatoms. The first-order valence-electron chi connectivity index (χ1n) is 3.84. The molecule has 1 nitrogen and oxygen atoms in total. The van der Waals surface area contributed by atoms with Crippen molar-refractivity contribution in [2.24, 2.45) is 0 Å². The van der Waals surface area contributed by atoms with Crippen LogP contribution in [0.3, 0.4) is 0 Å². The van der Waals surface area contributed by atoms with Crippen molar-refractivity contribution in [3.63, 3.8) is 0 Å². The second kappa shape index (κ2) is 3.87. The van der Waals surface area contributed by atoms with Gasteiger partial charge in [-0.05, 0) is 11.6 Å². The highest BCUT2D eigenvalue weighted by molar-refractivity contribution is 5.18. The Bertz CT molecular complexity index is 301. The Labute approximate surface area is 71.7 Å². The van der Waals surface area contributed by atoms with E-state index < -0.39 is 0 Å². The van der Waals surface area contributed by atoms with Crippen LogP contribution in [0.25, 0.3) is 4.85 Å². The topological polar surface area (TPSA) is 4.36 Å². The van der Waals surface area contributed by atoms with Gasteiger partial charge in [0.2, 0.25) is 6.04 Å². The van der Waals surface area contributed by atoms with Crippen molar-refractivity contribution in [1.82, 2.24) is 0 Å². The van der Waals surface area contributed by atoms with Crippen LogP contribution in [0, 0.1) is 12.4 Å². The first-order valence-corrected chi connectivity index (χ1v) is 3.84. The van der Waals surface area contributed by atoms with E-state index in [1.165, 1.54) is 6.07 Å². The van der Waals surface area contributed by atoms with Crippen LogP contribution in [-0.4, -0.2) is 6.04 Å². The van der Waals surface area contributed by atoms with Crippen molar-refractivity contribution >= 4 is 0 Å². The van der Waals surface area contributed by atoms with Crippen LogP contribution >= 0.6 is 0 Å². The van der Waals surface area contributed by atoms with E-state index >= 15 is 0 Å². The second-order valence-electron chi connectivity index (χ2n) is 2.77. The third kappa shape index (κ3) is 2.06. The van der Waals surface area contributed by atoms with Crippen molar-refractivity contribution in [3.05, 3.63) is 47.1 Å². The Morgan fingerprint density at radius 1 is 1.50 bits per heavy atom. The number of benzene rings is 1. The zero-order valence-electron chi connectivity index (χ0n) is 6.92. The van der Waals surface area contributed by atoms with E-state index in [-0.39, 0.29) is 11.9 Å². The normalized spacial score (nSPS) is 12.1. The van der Waals surface area contributed by atoms with Gasteiger partial charge in [-0.1, -0.05) is 18.2 Å². The predicted molar refractivity (Wildman–Crippen MR) is 46.2 cm³/mol. The summed E-state index contributed by atoms with van der Waals surface area (Å²) in [4.78, 5) is 3.31. The lowest BCUT2D eigenvalue weighted by Gasteiger charge is -2.00. The molecule has 0 bridgehead atoms. The monoisotopic (exact) mass is 163 g/mol. The van der Waals surface area contributed by atoms with Crippen molar-refractivity contribution < 1.29 is 4.39 Å². The summed E-state index contributed by atoms with van der Waals surface area (Å²) in [7, 11) is 0. The average molecular weight is 163 g/mol. The summed E-state index contributed by atoms with van der Waals surface area (Å²) < 4.78 is 13.0. The average Bonchev–Trinajstić information content (AvgIpc) is 2.09. The van der Waals surface area contributed by atoms with E-state index in [0.717, 1.165) is 0 Å². The highest BCUT2D eigenvalue weighted by atomic mass is 19.1. The number of halogens is 1. The molecule has 1 aromatic carbocycles. The smallest absolute Gasteiger partial charge is 0.225 e. The number of hydrogen-bond donors (Lipinski definition) is 0. The quantitative estimate of drug-likeness (QED) is 0.590. The number of nitrogens with zero attached hydrogens (tertiary/aromatic N) is 1. The SMILES string of the molecule is [C-]#[N+]C(C)Cc1ccccc1F. The molecule has 1 rings (SSSR count). The van der Waals surface area contributed by atoms with Gasteiger partial charge in [0.05, 0.1) is 6.42 Å². The maximum atomic E-state index is 13.0. The molecule has 1 atom stereocenters. The lowest BCUT2D eigenvalue weighted by atomic mass is 10.1. The zero-order valence-corrected chi connectivity index (χ0v) is 6.92. The Kier molecular flexibility index (Phi) is 2.82. The minimum absolute atomic E-state index is 0.137. The van der Waals surface area contributed by atoms with Gasteiger partial charge in [-0.15, -0.1) is 0 Å². The second-order valence-corrected chi connectivity index (χ2v) is 2.77. The third-order valence-electron chi connectivity index (χ3n) is 1.69. The standard InChI is InChI=1S/C10H10FN/c1-8(12-2)7-9-5-3-4-6-10(9)11/h3-6,8H,7H2,1H3. The summed E-state index contributed by atoms with van der Waals surface area (Å²) in [6.07, 6.45) is 0.496. The minimum Gasteiger partial charge on any atom is -0.314 e. The molecular weight excluding hydrogens is 153 g/mol. The summed E-state index contributed by atoms with van der Waals surface area (Å²) in [6, 6.07) is 6.45. The molecule has 1 aromatic rings. The Hall–Kier alpha value is -1.36. The first-order chi connectivity index (χ1) is 5.74. The van der Waals surface area contributed by atoms with E-state index in [4.69, 9.17) is 6.57 Å². The molecule has 0 aliphatic heterocycles. The van der Waals surface area contributed by atoms with E-state index in [1.807, 2.05) is 0 Å². The van der Waals surface area contributed by atoms with Crippen LogP contribution in [-0.2, 0) is 6.42 Å². The third-order valence-corrected chi connectivity index (χ3v) is 1.69. The molecular formula is C10H10FN. The minimum atomic E-state index is -0.215. The fraction of sp³-hybridized carbons (Fsp3) is 0.300. The molecule has 0 fully saturated rings. The summed E-state index contributed by atoms with van der Waals surface area (Å²) in [5.41, 5.74) is 0.626. The summed E-state index contributed by atoms with van der Waals surface area (Å²) in [5, 5.41) is 0. The van der Waals surface area contributed by atoms with Gasteiger partial charge in [0, 0.05) is 6.92 Å². The van der Waals surface area contributed by atoms with Crippen LogP contribution in [0.2, 0.25) is 0 Å². The van der Waals surface area contributed by atoms with Crippen LogP contribution in [0.15, 0.2) is 24.3 Å². The number of rotatable bonds is 2. The maximum Gasteiger partial charge on any atom is 0.225 e. The number of hydrogen-bond acceptors (Lipinski definition) is 0. The molecule has 62 valence electrons. The Morgan fingerprint density at radius 2 is 2.17 bits per heavy atom. The van der Waals surface area contributed by atoms with E-state index in [2.05, 4.69) is 4.85 Å². The summed E-state index contributed by atoms with van der Waals surface area (Å²) in [5.74, 6) is -0.215. The highest BCUT2D eigenvalue weighted by Gasteiger charge is 2.08. The van der Waals surface area contributed by atoms with Crippen molar-refractivity contribution in [2.45, 2.75) is 19.4 Å². The fourth-order valence-electron chi connectivity index (χ4n) is 1.03. The predicted octanol–water partition coefficient (Wildman–Crippen LogP) is 2.68.